The van der Waals surface area contributed by atoms with E-state index in [1.54, 1.807) is 0 Å². The number of nitrogens with one attached hydrogen (secondary N) is 1. The minimum atomic E-state index is 0.965. The second-order valence-corrected chi connectivity index (χ2v) is 3.25. The molecule has 0 saturated carbocycles. The molecule has 2 heterocycles. The van der Waals surface area contributed by atoms with E-state index in [4.69, 9.17) is 0 Å². The van der Waals surface area contributed by atoms with Gasteiger partial charge in [0.05, 0.1) is 0 Å². The number of aromatic nitrogens is 2. The van der Waals surface area contributed by atoms with Crippen molar-refractivity contribution in [2.75, 3.05) is 25.1 Å². The monoisotopic (exact) mass is 166 g/mol. The maximum absolute atomic E-state index is 4.28. The first-order valence-electron chi connectivity index (χ1n) is 4.27. The summed E-state index contributed by atoms with van der Waals surface area (Å²) in [6.07, 6.45) is 3.08. The SMILES string of the molecule is Cc1cnc(N2CCCN2C)[nH]1. The lowest BCUT2D eigenvalue weighted by Gasteiger charge is -2.22. The number of nitrogens with zero attached hydrogens (tertiary/aromatic N) is 3. The summed E-state index contributed by atoms with van der Waals surface area (Å²) in [5, 5.41) is 4.37. The highest BCUT2D eigenvalue weighted by Gasteiger charge is 2.19. The van der Waals surface area contributed by atoms with Crippen LogP contribution in [0.15, 0.2) is 6.20 Å². The van der Waals surface area contributed by atoms with Crippen LogP contribution in [0.4, 0.5) is 5.95 Å². The minimum absolute atomic E-state index is 0.965. The Labute approximate surface area is 72.2 Å². The van der Waals surface area contributed by atoms with Gasteiger partial charge in [0.2, 0.25) is 5.95 Å². The van der Waals surface area contributed by atoms with Crippen LogP contribution in [0.25, 0.3) is 0 Å². The lowest BCUT2D eigenvalue weighted by atomic mass is 10.5. The Kier molecular flexibility index (Phi) is 1.77. The van der Waals surface area contributed by atoms with Gasteiger partial charge in [0, 0.05) is 32.0 Å². The molecule has 0 atom stereocenters. The van der Waals surface area contributed by atoms with Crippen molar-refractivity contribution in [2.24, 2.45) is 0 Å². The van der Waals surface area contributed by atoms with Gasteiger partial charge in [-0.05, 0) is 13.3 Å². The third kappa shape index (κ3) is 1.18. The summed E-state index contributed by atoms with van der Waals surface area (Å²) in [6, 6.07) is 0. The molecule has 0 radical (unpaired) electrons. The molecule has 2 rings (SSSR count). The van der Waals surface area contributed by atoms with Crippen molar-refractivity contribution in [1.29, 1.82) is 0 Å². The van der Waals surface area contributed by atoms with Gasteiger partial charge in [-0.1, -0.05) is 0 Å². The fraction of sp³-hybridized carbons (Fsp3) is 0.625. The second-order valence-electron chi connectivity index (χ2n) is 3.25. The van der Waals surface area contributed by atoms with Crippen LogP contribution in [0.5, 0.6) is 0 Å². The van der Waals surface area contributed by atoms with Crippen LogP contribution in [0.3, 0.4) is 0 Å². The standard InChI is InChI=1S/C8H14N4/c1-7-6-9-8(10-7)12-5-3-4-11(12)2/h6H,3-5H2,1-2H3,(H,9,10). The highest BCUT2D eigenvalue weighted by atomic mass is 15.7. The third-order valence-electron chi connectivity index (χ3n) is 2.20. The van der Waals surface area contributed by atoms with E-state index in [1.165, 1.54) is 6.42 Å². The Hall–Kier alpha value is -1.03. The molecule has 12 heavy (non-hydrogen) atoms. The van der Waals surface area contributed by atoms with Gasteiger partial charge in [0.15, 0.2) is 0 Å². The van der Waals surface area contributed by atoms with Crippen LogP contribution in [-0.4, -0.2) is 35.1 Å². The number of H-pyrrole nitrogens is 1. The molecular formula is C8H14N4. The number of hydrogen-bond acceptors (Lipinski definition) is 3. The molecule has 1 aliphatic heterocycles. The molecule has 4 heteroatoms. The Morgan fingerprint density at radius 1 is 1.50 bits per heavy atom. The van der Waals surface area contributed by atoms with Crippen molar-refractivity contribution < 1.29 is 0 Å². The first-order chi connectivity index (χ1) is 5.77. The Balaban J connectivity index is 2.19. The molecule has 4 nitrogen and oxygen atoms in total. The molecular weight excluding hydrogens is 152 g/mol. The van der Waals surface area contributed by atoms with Crippen LogP contribution in [0.2, 0.25) is 0 Å². The zero-order chi connectivity index (χ0) is 8.55. The quantitative estimate of drug-likeness (QED) is 0.669. The predicted molar refractivity (Wildman–Crippen MR) is 47.9 cm³/mol. The normalized spacial score (nSPS) is 19.0. The van der Waals surface area contributed by atoms with Crippen LogP contribution < -0.4 is 5.01 Å². The Morgan fingerprint density at radius 2 is 2.33 bits per heavy atom. The van der Waals surface area contributed by atoms with Crippen molar-refractivity contribution >= 4 is 5.95 Å². The number of aromatic amines is 1. The minimum Gasteiger partial charge on any atom is -0.327 e. The van der Waals surface area contributed by atoms with Gasteiger partial charge >= 0.3 is 0 Å². The summed E-state index contributed by atoms with van der Waals surface area (Å²) in [4.78, 5) is 7.50. The van der Waals surface area contributed by atoms with Gasteiger partial charge in [0.25, 0.3) is 0 Å². The maximum atomic E-state index is 4.28. The second kappa shape index (κ2) is 2.79. The summed E-state index contributed by atoms with van der Waals surface area (Å²) >= 11 is 0. The summed E-state index contributed by atoms with van der Waals surface area (Å²) < 4.78 is 0. The highest BCUT2D eigenvalue weighted by Crippen LogP contribution is 2.15. The summed E-state index contributed by atoms with van der Waals surface area (Å²) in [7, 11) is 2.09. The third-order valence-corrected chi connectivity index (χ3v) is 2.20. The number of rotatable bonds is 1. The first kappa shape index (κ1) is 7.61. The average molecular weight is 166 g/mol. The van der Waals surface area contributed by atoms with Gasteiger partial charge in [-0.15, -0.1) is 0 Å². The van der Waals surface area contributed by atoms with Gasteiger partial charge < -0.3 is 4.98 Å². The molecule has 1 aliphatic rings. The molecule has 0 unspecified atom stereocenters. The molecule has 0 spiro atoms. The molecule has 1 aromatic rings. The zero-order valence-corrected chi connectivity index (χ0v) is 7.54. The van der Waals surface area contributed by atoms with Crippen LogP contribution in [0, 0.1) is 6.92 Å². The molecule has 0 aliphatic carbocycles. The Morgan fingerprint density at radius 3 is 2.83 bits per heavy atom. The lowest BCUT2D eigenvalue weighted by Crippen LogP contribution is -2.33. The summed E-state index contributed by atoms with van der Waals surface area (Å²) in [5.74, 6) is 0.965. The molecule has 1 saturated heterocycles. The van der Waals surface area contributed by atoms with Crippen molar-refractivity contribution in [3.63, 3.8) is 0 Å². The van der Waals surface area contributed by atoms with E-state index in [-0.39, 0.29) is 0 Å². The van der Waals surface area contributed by atoms with Gasteiger partial charge in [0.1, 0.15) is 0 Å². The molecule has 66 valence electrons. The number of hydrazine groups is 1. The fourth-order valence-electron chi connectivity index (χ4n) is 1.54. The van der Waals surface area contributed by atoms with Crippen LogP contribution in [0.1, 0.15) is 12.1 Å². The molecule has 0 bridgehead atoms. The van der Waals surface area contributed by atoms with Crippen LogP contribution >= 0.6 is 0 Å². The number of hydrogen-bond donors (Lipinski definition) is 1. The average Bonchev–Trinajstić information content (AvgIpc) is 2.58. The van der Waals surface area contributed by atoms with E-state index in [2.05, 4.69) is 27.0 Å². The predicted octanol–water partition coefficient (Wildman–Crippen LogP) is 0.775. The largest absolute Gasteiger partial charge is 0.327 e. The fourth-order valence-corrected chi connectivity index (χ4v) is 1.54. The van der Waals surface area contributed by atoms with Crippen molar-refractivity contribution in [3.05, 3.63) is 11.9 Å². The van der Waals surface area contributed by atoms with Gasteiger partial charge in [-0.2, -0.15) is 0 Å². The number of aryl methyl sites for hydroxylation is 1. The number of anilines is 1. The van der Waals surface area contributed by atoms with Crippen molar-refractivity contribution in [1.82, 2.24) is 15.0 Å². The maximum Gasteiger partial charge on any atom is 0.217 e. The summed E-state index contributed by atoms with van der Waals surface area (Å²) in [6.45, 7) is 4.22. The van der Waals surface area contributed by atoms with E-state index >= 15 is 0 Å². The topological polar surface area (TPSA) is 35.2 Å². The van der Waals surface area contributed by atoms with Gasteiger partial charge in [-0.3, -0.25) is 5.01 Å². The van der Waals surface area contributed by atoms with E-state index in [0.717, 1.165) is 24.7 Å². The molecule has 0 aromatic carbocycles. The van der Waals surface area contributed by atoms with E-state index in [9.17, 15) is 0 Å². The molecule has 1 fully saturated rings. The highest BCUT2D eigenvalue weighted by molar-refractivity contribution is 5.30. The molecule has 1 aromatic heterocycles. The smallest absolute Gasteiger partial charge is 0.217 e. The zero-order valence-electron chi connectivity index (χ0n) is 7.54. The van der Waals surface area contributed by atoms with Gasteiger partial charge in [-0.25, -0.2) is 9.99 Å². The van der Waals surface area contributed by atoms with Crippen LogP contribution in [-0.2, 0) is 0 Å². The molecule has 0 amide bonds. The Bertz CT molecular complexity index is 268. The lowest BCUT2D eigenvalue weighted by molar-refractivity contribution is 0.377. The number of imidazole rings is 1. The van der Waals surface area contributed by atoms with E-state index in [1.807, 2.05) is 13.1 Å². The molecule has 1 N–H and O–H groups in total. The van der Waals surface area contributed by atoms with E-state index in [0.29, 0.717) is 0 Å². The van der Waals surface area contributed by atoms with Crippen molar-refractivity contribution in [2.45, 2.75) is 13.3 Å². The van der Waals surface area contributed by atoms with E-state index < -0.39 is 0 Å². The first-order valence-corrected chi connectivity index (χ1v) is 4.27. The van der Waals surface area contributed by atoms with Crippen molar-refractivity contribution in [3.8, 4) is 0 Å². The summed E-state index contributed by atoms with van der Waals surface area (Å²) in [5.41, 5.74) is 1.12.